The lowest BCUT2D eigenvalue weighted by atomic mass is 10.2. The number of fused-ring (bicyclic) bond motifs is 1. The quantitative estimate of drug-likeness (QED) is 0.292. The molecule has 4 aromatic carbocycles. The van der Waals surface area contributed by atoms with Crippen molar-refractivity contribution in [1.29, 1.82) is 0 Å². The number of hydrogen-bond acceptors (Lipinski definition) is 5. The third kappa shape index (κ3) is 4.53. The van der Waals surface area contributed by atoms with Gasteiger partial charge >= 0.3 is 0 Å². The standard InChI is InChI=1S/C27H20N2O2S/c30-25-15-12-21(16-23(25)27-29-24-8-4-5-9-26(24)32-27)28-17-19-10-13-22(14-11-19)31-18-20-6-2-1-3-7-20/h1-17,30H,18H2. The minimum Gasteiger partial charge on any atom is -0.507 e. The summed E-state index contributed by atoms with van der Waals surface area (Å²) >= 11 is 1.56. The van der Waals surface area contributed by atoms with Crippen LogP contribution in [0.1, 0.15) is 11.1 Å². The molecule has 0 fully saturated rings. The molecular formula is C27H20N2O2S. The summed E-state index contributed by atoms with van der Waals surface area (Å²) in [5.74, 6) is 1.01. The Morgan fingerprint density at radius 3 is 2.47 bits per heavy atom. The Hall–Kier alpha value is -3.96. The maximum atomic E-state index is 10.4. The number of rotatable bonds is 6. The summed E-state index contributed by atoms with van der Waals surface area (Å²) in [5, 5.41) is 11.1. The Bertz CT molecular complexity index is 1340. The van der Waals surface area contributed by atoms with Gasteiger partial charge in [0.2, 0.25) is 0 Å². The highest BCUT2D eigenvalue weighted by Crippen LogP contribution is 2.37. The van der Waals surface area contributed by atoms with Crippen LogP contribution in [0.15, 0.2) is 102 Å². The zero-order chi connectivity index (χ0) is 21.8. The van der Waals surface area contributed by atoms with Crippen LogP contribution in [0.2, 0.25) is 0 Å². The summed E-state index contributed by atoms with van der Waals surface area (Å²) in [6.45, 7) is 0.538. The number of phenolic OH excluding ortho intramolecular Hbond substituents is 1. The number of para-hydroxylation sites is 1. The number of phenols is 1. The van der Waals surface area contributed by atoms with Gasteiger partial charge in [0.1, 0.15) is 23.1 Å². The van der Waals surface area contributed by atoms with E-state index < -0.39 is 0 Å². The molecule has 0 amide bonds. The van der Waals surface area contributed by atoms with E-state index in [0.29, 0.717) is 12.2 Å². The minimum absolute atomic E-state index is 0.197. The molecule has 1 heterocycles. The molecule has 32 heavy (non-hydrogen) atoms. The van der Waals surface area contributed by atoms with Gasteiger partial charge in [0.05, 0.1) is 21.5 Å². The van der Waals surface area contributed by atoms with Crippen molar-refractivity contribution in [1.82, 2.24) is 4.98 Å². The molecule has 0 aliphatic carbocycles. The number of thiazole rings is 1. The number of ether oxygens (including phenoxy) is 1. The Balaban J connectivity index is 1.30. The van der Waals surface area contributed by atoms with Crippen molar-refractivity contribution in [2.75, 3.05) is 0 Å². The third-order valence-electron chi connectivity index (χ3n) is 5.00. The minimum atomic E-state index is 0.197. The topological polar surface area (TPSA) is 54.7 Å². The summed E-state index contributed by atoms with van der Waals surface area (Å²) in [4.78, 5) is 9.23. The van der Waals surface area contributed by atoms with Gasteiger partial charge in [0, 0.05) is 6.21 Å². The molecule has 0 spiro atoms. The highest BCUT2D eigenvalue weighted by molar-refractivity contribution is 7.21. The first-order chi connectivity index (χ1) is 15.7. The Morgan fingerprint density at radius 1 is 0.875 bits per heavy atom. The molecular weight excluding hydrogens is 416 g/mol. The molecule has 0 unspecified atom stereocenters. The van der Waals surface area contributed by atoms with Crippen LogP contribution in [-0.4, -0.2) is 16.3 Å². The highest BCUT2D eigenvalue weighted by Gasteiger charge is 2.11. The molecule has 5 aromatic rings. The van der Waals surface area contributed by atoms with Crippen LogP contribution < -0.4 is 4.74 Å². The molecule has 0 saturated heterocycles. The van der Waals surface area contributed by atoms with Crippen LogP contribution in [0.3, 0.4) is 0 Å². The molecule has 4 nitrogen and oxygen atoms in total. The molecule has 0 atom stereocenters. The SMILES string of the molecule is Oc1ccc(N=Cc2ccc(OCc3ccccc3)cc2)cc1-c1nc2ccccc2s1. The van der Waals surface area contributed by atoms with Gasteiger partial charge in [-0.1, -0.05) is 42.5 Å². The van der Waals surface area contributed by atoms with Gasteiger partial charge in [-0.2, -0.15) is 0 Å². The second kappa shape index (κ2) is 9.04. The highest BCUT2D eigenvalue weighted by atomic mass is 32.1. The van der Waals surface area contributed by atoms with Crippen molar-refractivity contribution in [3.8, 4) is 22.1 Å². The fourth-order valence-corrected chi connectivity index (χ4v) is 4.29. The number of nitrogens with zero attached hydrogens (tertiary/aromatic N) is 2. The smallest absolute Gasteiger partial charge is 0.128 e. The molecule has 5 rings (SSSR count). The molecule has 0 aliphatic rings. The lowest BCUT2D eigenvalue weighted by Gasteiger charge is -2.06. The summed E-state index contributed by atoms with van der Waals surface area (Å²) < 4.78 is 6.92. The van der Waals surface area contributed by atoms with E-state index in [4.69, 9.17) is 4.74 Å². The zero-order valence-electron chi connectivity index (χ0n) is 17.2. The third-order valence-corrected chi connectivity index (χ3v) is 6.07. The van der Waals surface area contributed by atoms with Gasteiger partial charge < -0.3 is 9.84 Å². The fourth-order valence-electron chi connectivity index (χ4n) is 3.30. The normalized spacial score (nSPS) is 11.2. The van der Waals surface area contributed by atoms with E-state index in [2.05, 4.69) is 9.98 Å². The van der Waals surface area contributed by atoms with Gasteiger partial charge in [-0.05, 0) is 65.7 Å². The summed E-state index contributed by atoms with van der Waals surface area (Å²) in [5.41, 5.74) is 4.46. The molecule has 0 saturated carbocycles. The van der Waals surface area contributed by atoms with E-state index in [0.717, 1.165) is 37.8 Å². The number of aromatic nitrogens is 1. The van der Waals surface area contributed by atoms with E-state index in [9.17, 15) is 5.11 Å². The molecule has 1 N–H and O–H groups in total. The summed E-state index contributed by atoms with van der Waals surface area (Å²) in [7, 11) is 0. The molecule has 0 bridgehead atoms. The molecule has 1 aromatic heterocycles. The first kappa shape index (κ1) is 20.0. The lowest BCUT2D eigenvalue weighted by molar-refractivity contribution is 0.306. The summed E-state index contributed by atoms with van der Waals surface area (Å²) in [6, 6.07) is 31.2. The molecule has 0 aliphatic heterocycles. The Morgan fingerprint density at radius 2 is 1.66 bits per heavy atom. The molecule has 0 radical (unpaired) electrons. The van der Waals surface area contributed by atoms with Crippen LogP contribution >= 0.6 is 11.3 Å². The summed E-state index contributed by atoms with van der Waals surface area (Å²) in [6.07, 6.45) is 1.80. The van der Waals surface area contributed by atoms with E-state index in [1.165, 1.54) is 0 Å². The van der Waals surface area contributed by atoms with Gasteiger partial charge in [0.15, 0.2) is 0 Å². The van der Waals surface area contributed by atoms with Crippen LogP contribution in [0, 0.1) is 0 Å². The van der Waals surface area contributed by atoms with Crippen LogP contribution in [0.25, 0.3) is 20.8 Å². The molecule has 5 heteroatoms. The second-order valence-corrected chi connectivity index (χ2v) is 8.32. The maximum absolute atomic E-state index is 10.4. The first-order valence-corrected chi connectivity index (χ1v) is 11.1. The van der Waals surface area contributed by atoms with Crippen molar-refractivity contribution in [2.45, 2.75) is 6.61 Å². The largest absolute Gasteiger partial charge is 0.507 e. The van der Waals surface area contributed by atoms with E-state index >= 15 is 0 Å². The van der Waals surface area contributed by atoms with E-state index in [-0.39, 0.29) is 5.75 Å². The van der Waals surface area contributed by atoms with E-state index in [1.807, 2.05) is 84.9 Å². The van der Waals surface area contributed by atoms with Crippen molar-refractivity contribution < 1.29 is 9.84 Å². The van der Waals surface area contributed by atoms with Crippen LogP contribution in [-0.2, 0) is 6.61 Å². The predicted molar refractivity (Wildman–Crippen MR) is 131 cm³/mol. The fraction of sp³-hybridized carbons (Fsp3) is 0.0370. The average molecular weight is 437 g/mol. The molecule has 156 valence electrons. The van der Waals surface area contributed by atoms with Crippen LogP contribution in [0.5, 0.6) is 11.5 Å². The Labute approximate surface area is 190 Å². The lowest BCUT2D eigenvalue weighted by Crippen LogP contribution is -1.94. The average Bonchev–Trinajstić information content (AvgIpc) is 3.28. The van der Waals surface area contributed by atoms with Crippen LogP contribution in [0.4, 0.5) is 5.69 Å². The van der Waals surface area contributed by atoms with Crippen molar-refractivity contribution >= 4 is 33.5 Å². The van der Waals surface area contributed by atoms with Gasteiger partial charge in [-0.15, -0.1) is 11.3 Å². The zero-order valence-corrected chi connectivity index (χ0v) is 18.0. The maximum Gasteiger partial charge on any atom is 0.128 e. The van der Waals surface area contributed by atoms with Gasteiger partial charge in [-0.3, -0.25) is 4.99 Å². The first-order valence-electron chi connectivity index (χ1n) is 10.2. The predicted octanol–water partition coefficient (Wildman–Crippen LogP) is 7.00. The van der Waals surface area contributed by atoms with Crippen molar-refractivity contribution in [3.05, 3.63) is 108 Å². The van der Waals surface area contributed by atoms with Crippen molar-refractivity contribution in [3.63, 3.8) is 0 Å². The number of aliphatic imine (C=N–C) groups is 1. The van der Waals surface area contributed by atoms with Gasteiger partial charge in [-0.25, -0.2) is 4.98 Å². The number of aromatic hydroxyl groups is 1. The Kier molecular flexibility index (Phi) is 5.64. The number of hydrogen-bond donors (Lipinski definition) is 1. The van der Waals surface area contributed by atoms with E-state index in [1.54, 1.807) is 29.7 Å². The van der Waals surface area contributed by atoms with Gasteiger partial charge in [0.25, 0.3) is 0 Å². The number of benzene rings is 4. The van der Waals surface area contributed by atoms with Crippen molar-refractivity contribution in [2.24, 2.45) is 4.99 Å². The monoisotopic (exact) mass is 436 g/mol. The second-order valence-electron chi connectivity index (χ2n) is 7.29.